The van der Waals surface area contributed by atoms with Crippen LogP contribution in [0.25, 0.3) is 0 Å². The van der Waals surface area contributed by atoms with Gasteiger partial charge in [0, 0.05) is 3.57 Å². The smallest absolute Gasteiger partial charge is 0.252 e. The van der Waals surface area contributed by atoms with Gasteiger partial charge in [0.2, 0.25) is 0 Å². The van der Waals surface area contributed by atoms with Crippen LogP contribution in [0.1, 0.15) is 59.3 Å². The number of amides is 1. The molecule has 2 nitrogen and oxygen atoms in total. The Morgan fingerprint density at radius 2 is 1.87 bits per heavy atom. The molecule has 0 heterocycles. The van der Waals surface area contributed by atoms with E-state index in [4.69, 9.17) is 0 Å². The minimum Gasteiger partial charge on any atom is -0.345 e. The summed E-state index contributed by atoms with van der Waals surface area (Å²) in [5, 5.41) is 3.20. The van der Waals surface area contributed by atoms with Gasteiger partial charge in [-0.1, -0.05) is 37.3 Å². The maximum Gasteiger partial charge on any atom is 0.252 e. The summed E-state index contributed by atoms with van der Waals surface area (Å²) in [5.74, 6) is 0.0135. The summed E-state index contributed by atoms with van der Waals surface area (Å²) in [6, 6.07) is 14.5. The Labute approximate surface area is 151 Å². The molecule has 1 N–H and O–H groups in total. The van der Waals surface area contributed by atoms with Crippen LogP contribution in [0.3, 0.4) is 0 Å². The predicted octanol–water partition coefficient (Wildman–Crippen LogP) is 5.05. The highest BCUT2D eigenvalue weighted by Gasteiger charge is 2.18. The van der Waals surface area contributed by atoms with Crippen LogP contribution in [0, 0.1) is 3.57 Å². The second-order valence-electron chi connectivity index (χ2n) is 6.15. The molecular weight excluding hydrogens is 397 g/mol. The molecule has 0 saturated carbocycles. The Morgan fingerprint density at radius 1 is 1.13 bits per heavy atom. The van der Waals surface area contributed by atoms with Crippen molar-refractivity contribution >= 4 is 28.5 Å². The predicted molar refractivity (Wildman–Crippen MR) is 103 cm³/mol. The fourth-order valence-electron chi connectivity index (χ4n) is 3.27. The van der Waals surface area contributed by atoms with Gasteiger partial charge in [-0.3, -0.25) is 4.79 Å². The van der Waals surface area contributed by atoms with Crippen LogP contribution in [0.2, 0.25) is 0 Å². The van der Waals surface area contributed by atoms with Gasteiger partial charge in [-0.15, -0.1) is 0 Å². The second-order valence-corrected chi connectivity index (χ2v) is 7.31. The molecule has 0 aliphatic heterocycles. The minimum absolute atomic E-state index is 0.0135. The lowest BCUT2D eigenvalue weighted by molar-refractivity contribution is 0.0934. The average Bonchev–Trinajstić information content (AvgIpc) is 2.59. The summed E-state index contributed by atoms with van der Waals surface area (Å²) in [6.07, 6.45) is 5.84. The number of carbonyl (C=O) groups is 1. The zero-order valence-electron chi connectivity index (χ0n) is 13.4. The quantitative estimate of drug-likeness (QED) is 0.691. The van der Waals surface area contributed by atoms with Crippen molar-refractivity contribution in [2.24, 2.45) is 0 Å². The summed E-state index contributed by atoms with van der Waals surface area (Å²) in [5.41, 5.74) is 4.94. The van der Waals surface area contributed by atoms with Crippen molar-refractivity contribution in [2.45, 2.75) is 45.1 Å². The number of hydrogen-bond acceptors (Lipinski definition) is 1. The molecule has 3 heteroatoms. The highest BCUT2D eigenvalue weighted by atomic mass is 127. The zero-order chi connectivity index (χ0) is 16.2. The molecule has 0 saturated heterocycles. The van der Waals surface area contributed by atoms with Crippen LogP contribution in [-0.2, 0) is 12.8 Å². The first kappa shape index (κ1) is 16.5. The normalized spacial score (nSPS) is 14.9. The number of fused-ring (bicyclic) bond motifs is 1. The van der Waals surface area contributed by atoms with Crippen LogP contribution < -0.4 is 5.32 Å². The Morgan fingerprint density at radius 3 is 2.61 bits per heavy atom. The summed E-state index contributed by atoms with van der Waals surface area (Å²) in [7, 11) is 0. The third kappa shape index (κ3) is 3.77. The number of carbonyl (C=O) groups excluding carboxylic acids is 1. The van der Waals surface area contributed by atoms with E-state index >= 15 is 0 Å². The first-order chi connectivity index (χ1) is 11.2. The van der Waals surface area contributed by atoms with E-state index in [2.05, 4.69) is 53.0 Å². The number of hydrogen-bond donors (Lipinski definition) is 1. The van der Waals surface area contributed by atoms with Crippen molar-refractivity contribution in [3.8, 4) is 0 Å². The Kier molecular flexibility index (Phi) is 5.36. The van der Waals surface area contributed by atoms with E-state index in [1.807, 2.05) is 24.3 Å². The second kappa shape index (κ2) is 7.47. The van der Waals surface area contributed by atoms with Crippen molar-refractivity contribution < 1.29 is 4.79 Å². The van der Waals surface area contributed by atoms with Crippen LogP contribution in [-0.4, -0.2) is 5.91 Å². The van der Waals surface area contributed by atoms with Gasteiger partial charge in [-0.2, -0.15) is 0 Å². The Bertz CT molecular complexity index is 711. The molecule has 0 radical (unpaired) electrons. The van der Waals surface area contributed by atoms with Crippen molar-refractivity contribution in [2.75, 3.05) is 0 Å². The molecular formula is C20H22INO. The standard InChI is InChI=1S/C20H22INO/c1-2-19(22-20(23)17-9-5-6-10-18(17)21)16-12-11-14-7-3-4-8-15(14)13-16/h5-6,9-13,19H,2-4,7-8H2,1H3,(H,22,23)/t19-/m0/s1. The topological polar surface area (TPSA) is 29.1 Å². The first-order valence-corrected chi connectivity index (χ1v) is 9.44. The van der Waals surface area contributed by atoms with Crippen LogP contribution in [0.15, 0.2) is 42.5 Å². The van der Waals surface area contributed by atoms with Gasteiger partial charge in [0.05, 0.1) is 11.6 Å². The number of halogens is 1. The van der Waals surface area contributed by atoms with Crippen molar-refractivity contribution in [3.63, 3.8) is 0 Å². The summed E-state index contributed by atoms with van der Waals surface area (Å²) in [4.78, 5) is 12.6. The summed E-state index contributed by atoms with van der Waals surface area (Å²) < 4.78 is 0.989. The molecule has 1 atom stereocenters. The largest absolute Gasteiger partial charge is 0.345 e. The average molecular weight is 419 g/mol. The maximum atomic E-state index is 12.6. The van der Waals surface area contributed by atoms with Gasteiger partial charge in [-0.05, 0) is 83.5 Å². The number of nitrogens with one attached hydrogen (secondary N) is 1. The third-order valence-corrected chi connectivity index (χ3v) is 5.55. The lowest BCUT2D eigenvalue weighted by Crippen LogP contribution is -2.29. The van der Waals surface area contributed by atoms with Crippen molar-refractivity contribution in [1.29, 1.82) is 0 Å². The van der Waals surface area contributed by atoms with E-state index in [0.29, 0.717) is 0 Å². The third-order valence-electron chi connectivity index (χ3n) is 4.61. The fourth-order valence-corrected chi connectivity index (χ4v) is 3.90. The van der Waals surface area contributed by atoms with Gasteiger partial charge >= 0.3 is 0 Å². The van der Waals surface area contributed by atoms with Gasteiger partial charge in [0.15, 0.2) is 0 Å². The Balaban J connectivity index is 1.80. The monoisotopic (exact) mass is 419 g/mol. The zero-order valence-corrected chi connectivity index (χ0v) is 15.6. The van der Waals surface area contributed by atoms with Gasteiger partial charge < -0.3 is 5.32 Å². The molecule has 0 bridgehead atoms. The molecule has 1 amide bonds. The molecule has 0 aromatic heterocycles. The highest BCUT2D eigenvalue weighted by Crippen LogP contribution is 2.26. The van der Waals surface area contributed by atoms with Gasteiger partial charge in [-0.25, -0.2) is 0 Å². The van der Waals surface area contributed by atoms with E-state index in [1.165, 1.54) is 42.4 Å². The maximum absolute atomic E-state index is 12.6. The number of rotatable bonds is 4. The van der Waals surface area contributed by atoms with E-state index in [-0.39, 0.29) is 11.9 Å². The van der Waals surface area contributed by atoms with E-state index < -0.39 is 0 Å². The van der Waals surface area contributed by atoms with E-state index in [0.717, 1.165) is 15.6 Å². The number of aryl methyl sites for hydroxylation is 2. The van der Waals surface area contributed by atoms with E-state index in [9.17, 15) is 4.79 Å². The van der Waals surface area contributed by atoms with Crippen molar-refractivity contribution in [3.05, 3.63) is 68.3 Å². The minimum atomic E-state index is 0.0135. The van der Waals surface area contributed by atoms with E-state index in [1.54, 1.807) is 0 Å². The molecule has 0 unspecified atom stereocenters. The first-order valence-electron chi connectivity index (χ1n) is 8.36. The molecule has 1 aliphatic carbocycles. The van der Waals surface area contributed by atoms with Crippen molar-refractivity contribution in [1.82, 2.24) is 5.32 Å². The lowest BCUT2D eigenvalue weighted by atomic mass is 9.88. The lowest BCUT2D eigenvalue weighted by Gasteiger charge is -2.22. The SMILES string of the molecule is CC[C@H](NC(=O)c1ccccc1I)c1ccc2c(c1)CCCC2. The van der Waals surface area contributed by atoms with Crippen LogP contribution in [0.4, 0.5) is 0 Å². The fraction of sp³-hybridized carbons (Fsp3) is 0.350. The van der Waals surface area contributed by atoms with Crippen LogP contribution in [0.5, 0.6) is 0 Å². The van der Waals surface area contributed by atoms with Gasteiger partial charge in [0.25, 0.3) is 5.91 Å². The highest BCUT2D eigenvalue weighted by molar-refractivity contribution is 14.1. The molecule has 0 spiro atoms. The summed E-state index contributed by atoms with van der Waals surface area (Å²) >= 11 is 2.22. The molecule has 23 heavy (non-hydrogen) atoms. The molecule has 3 rings (SSSR count). The molecule has 2 aromatic rings. The van der Waals surface area contributed by atoms with Crippen LogP contribution >= 0.6 is 22.6 Å². The summed E-state index contributed by atoms with van der Waals surface area (Å²) in [6.45, 7) is 2.13. The molecule has 1 aliphatic rings. The van der Waals surface area contributed by atoms with Gasteiger partial charge in [0.1, 0.15) is 0 Å². The molecule has 2 aromatic carbocycles. The number of benzene rings is 2. The Hall–Kier alpha value is -1.36. The molecule has 0 fully saturated rings. The molecule has 120 valence electrons.